The molecule has 5 rings (SSSR count). The first-order valence-electron chi connectivity index (χ1n) is 11.4. The second kappa shape index (κ2) is 9.37. The van der Waals surface area contributed by atoms with Crippen molar-refractivity contribution >= 4 is 5.71 Å². The highest BCUT2D eigenvalue weighted by molar-refractivity contribution is 6.03. The SMILES string of the molecule is COc1ccc(-n2c(-c3ccccc3)cc3c2CCCC3=NOCc2ccc(C)cc2)cc1. The summed E-state index contributed by atoms with van der Waals surface area (Å²) < 4.78 is 7.73. The van der Waals surface area contributed by atoms with Gasteiger partial charge in [0, 0.05) is 16.9 Å². The maximum Gasteiger partial charge on any atom is 0.142 e. The first-order chi connectivity index (χ1) is 16.2. The van der Waals surface area contributed by atoms with Crippen molar-refractivity contribution in [2.75, 3.05) is 7.11 Å². The first kappa shape index (κ1) is 21.1. The minimum absolute atomic E-state index is 0.476. The van der Waals surface area contributed by atoms with Crippen LogP contribution in [0.2, 0.25) is 0 Å². The molecule has 4 aromatic rings. The molecule has 1 heterocycles. The normalized spacial score (nSPS) is 14.2. The monoisotopic (exact) mass is 436 g/mol. The quantitative estimate of drug-likeness (QED) is 0.315. The summed E-state index contributed by atoms with van der Waals surface area (Å²) >= 11 is 0. The van der Waals surface area contributed by atoms with Crippen LogP contribution in [0.15, 0.2) is 90.1 Å². The highest BCUT2D eigenvalue weighted by Gasteiger charge is 2.24. The van der Waals surface area contributed by atoms with Crippen molar-refractivity contribution in [3.8, 4) is 22.7 Å². The lowest BCUT2D eigenvalue weighted by atomic mass is 9.95. The highest BCUT2D eigenvalue weighted by Crippen LogP contribution is 2.34. The summed E-state index contributed by atoms with van der Waals surface area (Å²) in [5, 5.41) is 4.59. The van der Waals surface area contributed by atoms with E-state index in [0.717, 1.165) is 42.0 Å². The molecule has 0 aliphatic heterocycles. The summed E-state index contributed by atoms with van der Waals surface area (Å²) in [5.41, 5.74) is 9.33. The maximum atomic E-state index is 5.81. The molecule has 0 radical (unpaired) electrons. The van der Waals surface area contributed by atoms with Crippen LogP contribution in [0.1, 0.15) is 35.2 Å². The lowest BCUT2D eigenvalue weighted by Crippen LogP contribution is -2.14. The van der Waals surface area contributed by atoms with Gasteiger partial charge in [-0.05, 0) is 67.6 Å². The predicted molar refractivity (Wildman–Crippen MR) is 133 cm³/mol. The number of nitrogens with zero attached hydrogens (tertiary/aromatic N) is 2. The molecule has 4 nitrogen and oxygen atoms in total. The van der Waals surface area contributed by atoms with Gasteiger partial charge in [-0.1, -0.05) is 65.3 Å². The molecule has 0 N–H and O–H groups in total. The zero-order chi connectivity index (χ0) is 22.6. The lowest BCUT2D eigenvalue weighted by molar-refractivity contribution is 0.130. The zero-order valence-corrected chi connectivity index (χ0v) is 19.1. The summed E-state index contributed by atoms with van der Waals surface area (Å²) in [4.78, 5) is 5.81. The number of ether oxygens (including phenoxy) is 1. The van der Waals surface area contributed by atoms with Crippen molar-refractivity contribution in [2.45, 2.75) is 32.8 Å². The van der Waals surface area contributed by atoms with E-state index in [1.807, 2.05) is 12.1 Å². The van der Waals surface area contributed by atoms with Gasteiger partial charge in [0.1, 0.15) is 12.4 Å². The first-order valence-corrected chi connectivity index (χ1v) is 11.4. The fourth-order valence-corrected chi connectivity index (χ4v) is 4.42. The van der Waals surface area contributed by atoms with Gasteiger partial charge >= 0.3 is 0 Å². The van der Waals surface area contributed by atoms with E-state index in [4.69, 9.17) is 9.57 Å². The van der Waals surface area contributed by atoms with Crippen molar-refractivity contribution < 1.29 is 9.57 Å². The Balaban J connectivity index is 1.53. The molecule has 33 heavy (non-hydrogen) atoms. The van der Waals surface area contributed by atoms with E-state index >= 15 is 0 Å². The van der Waals surface area contributed by atoms with Crippen molar-refractivity contribution in [3.05, 3.63) is 107 Å². The molecule has 0 amide bonds. The highest BCUT2D eigenvalue weighted by atomic mass is 16.6. The minimum atomic E-state index is 0.476. The molecule has 1 aliphatic rings. The van der Waals surface area contributed by atoms with Gasteiger partial charge < -0.3 is 14.1 Å². The molecule has 1 aliphatic carbocycles. The van der Waals surface area contributed by atoms with Crippen LogP contribution in [0.5, 0.6) is 5.75 Å². The molecule has 3 aromatic carbocycles. The number of aryl methyl sites for hydroxylation is 1. The van der Waals surface area contributed by atoms with Crippen molar-refractivity contribution in [1.29, 1.82) is 0 Å². The average Bonchev–Trinajstić information content (AvgIpc) is 3.26. The fraction of sp³-hybridized carbons (Fsp3) is 0.207. The second-order valence-electron chi connectivity index (χ2n) is 8.44. The van der Waals surface area contributed by atoms with Crippen LogP contribution < -0.4 is 4.74 Å². The van der Waals surface area contributed by atoms with E-state index in [1.165, 1.54) is 28.1 Å². The molecule has 0 atom stereocenters. The summed E-state index contributed by atoms with van der Waals surface area (Å²) in [6.07, 6.45) is 2.97. The number of benzene rings is 3. The molecule has 4 heteroatoms. The van der Waals surface area contributed by atoms with Crippen LogP contribution in [-0.2, 0) is 17.9 Å². The topological polar surface area (TPSA) is 35.8 Å². The van der Waals surface area contributed by atoms with Crippen molar-refractivity contribution in [1.82, 2.24) is 4.57 Å². The van der Waals surface area contributed by atoms with E-state index in [1.54, 1.807) is 7.11 Å². The van der Waals surface area contributed by atoms with Crippen LogP contribution in [0.4, 0.5) is 0 Å². The molecular weight excluding hydrogens is 408 g/mol. The number of rotatable bonds is 6. The fourth-order valence-electron chi connectivity index (χ4n) is 4.42. The van der Waals surface area contributed by atoms with E-state index in [2.05, 4.69) is 89.4 Å². The standard InChI is InChI=1S/C29H28N2O2/c1-21-11-13-22(14-12-21)20-33-30-27-9-6-10-28-26(27)19-29(23-7-4-3-5-8-23)31(28)24-15-17-25(32-2)18-16-24/h3-5,7-8,11-19H,6,9-10,20H2,1-2H3. The third kappa shape index (κ3) is 4.42. The predicted octanol–water partition coefficient (Wildman–Crippen LogP) is 6.72. The Morgan fingerprint density at radius 1 is 0.879 bits per heavy atom. The van der Waals surface area contributed by atoms with Crippen LogP contribution >= 0.6 is 0 Å². The van der Waals surface area contributed by atoms with E-state index < -0.39 is 0 Å². The summed E-state index contributed by atoms with van der Waals surface area (Å²) in [7, 11) is 1.70. The van der Waals surface area contributed by atoms with E-state index in [0.29, 0.717) is 6.61 Å². The van der Waals surface area contributed by atoms with Crippen molar-refractivity contribution in [3.63, 3.8) is 0 Å². The maximum absolute atomic E-state index is 5.81. The smallest absolute Gasteiger partial charge is 0.142 e. The molecule has 0 bridgehead atoms. The number of aromatic nitrogens is 1. The third-order valence-corrected chi connectivity index (χ3v) is 6.17. The Morgan fingerprint density at radius 3 is 2.36 bits per heavy atom. The van der Waals surface area contributed by atoms with Crippen LogP contribution in [0, 0.1) is 6.92 Å². The summed E-state index contributed by atoms with van der Waals surface area (Å²) in [6.45, 7) is 2.57. The van der Waals surface area contributed by atoms with Gasteiger partial charge in [-0.15, -0.1) is 0 Å². The molecular formula is C29H28N2O2. The van der Waals surface area contributed by atoms with Gasteiger partial charge in [-0.2, -0.15) is 0 Å². The van der Waals surface area contributed by atoms with Gasteiger partial charge in [-0.3, -0.25) is 0 Å². The molecule has 0 fully saturated rings. The van der Waals surface area contributed by atoms with Crippen LogP contribution in [0.3, 0.4) is 0 Å². The second-order valence-corrected chi connectivity index (χ2v) is 8.44. The lowest BCUT2D eigenvalue weighted by Gasteiger charge is -2.19. The van der Waals surface area contributed by atoms with E-state index in [9.17, 15) is 0 Å². The van der Waals surface area contributed by atoms with Gasteiger partial charge in [0.15, 0.2) is 0 Å². The molecule has 1 aromatic heterocycles. The number of fused-ring (bicyclic) bond motifs is 1. The Kier molecular flexibility index (Phi) is 5.99. The van der Waals surface area contributed by atoms with Crippen LogP contribution in [0.25, 0.3) is 16.9 Å². The third-order valence-electron chi connectivity index (χ3n) is 6.17. The number of hydrogen-bond donors (Lipinski definition) is 0. The Morgan fingerprint density at radius 2 is 1.64 bits per heavy atom. The average molecular weight is 437 g/mol. The molecule has 0 spiro atoms. The molecule has 0 saturated heterocycles. The number of methoxy groups -OCH3 is 1. The van der Waals surface area contributed by atoms with Gasteiger partial charge in [0.2, 0.25) is 0 Å². The largest absolute Gasteiger partial charge is 0.497 e. The number of hydrogen-bond acceptors (Lipinski definition) is 3. The Hall–Kier alpha value is -3.79. The van der Waals surface area contributed by atoms with Gasteiger partial charge in [-0.25, -0.2) is 0 Å². The van der Waals surface area contributed by atoms with E-state index in [-0.39, 0.29) is 0 Å². The van der Waals surface area contributed by atoms with Gasteiger partial charge in [0.25, 0.3) is 0 Å². The molecule has 0 unspecified atom stereocenters. The minimum Gasteiger partial charge on any atom is -0.497 e. The molecule has 166 valence electrons. The Labute approximate surface area is 195 Å². The van der Waals surface area contributed by atoms with Gasteiger partial charge in [0.05, 0.1) is 18.5 Å². The van der Waals surface area contributed by atoms with Crippen LogP contribution in [-0.4, -0.2) is 17.4 Å². The molecule has 0 saturated carbocycles. The number of oxime groups is 1. The summed E-state index contributed by atoms with van der Waals surface area (Å²) in [6, 6.07) is 29.4. The Bertz CT molecular complexity index is 1250. The summed E-state index contributed by atoms with van der Waals surface area (Å²) in [5.74, 6) is 0.854. The van der Waals surface area contributed by atoms with Crippen molar-refractivity contribution in [2.24, 2.45) is 5.16 Å². The zero-order valence-electron chi connectivity index (χ0n) is 19.1.